The summed E-state index contributed by atoms with van der Waals surface area (Å²) in [7, 11) is 0. The van der Waals surface area contributed by atoms with Crippen LogP contribution in [0.1, 0.15) is 5.56 Å². The molecule has 0 saturated heterocycles. The first-order valence-corrected chi connectivity index (χ1v) is 7.45. The molecule has 2 aromatic rings. The van der Waals surface area contributed by atoms with Gasteiger partial charge in [0.05, 0.1) is 5.02 Å². The predicted octanol–water partition coefficient (Wildman–Crippen LogP) is 4.15. The molecule has 2 N–H and O–H groups in total. The average molecular weight is 344 g/mol. The van der Waals surface area contributed by atoms with E-state index in [2.05, 4.69) is 27.0 Å². The Morgan fingerprint density at radius 3 is 2.72 bits per heavy atom. The number of nitrogens with zero attached hydrogens (tertiary/aromatic N) is 1. The van der Waals surface area contributed by atoms with Gasteiger partial charge >= 0.3 is 0 Å². The maximum absolute atomic E-state index is 6.25. The molecule has 0 bridgehead atoms. The molecule has 0 radical (unpaired) electrons. The molecule has 0 aliphatic carbocycles. The Bertz CT molecular complexity index is 531. The summed E-state index contributed by atoms with van der Waals surface area (Å²) < 4.78 is 0.969. The molecule has 1 heterocycles. The van der Waals surface area contributed by atoms with E-state index in [9.17, 15) is 0 Å². The van der Waals surface area contributed by atoms with Crippen molar-refractivity contribution in [3.8, 4) is 0 Å². The summed E-state index contributed by atoms with van der Waals surface area (Å²) in [5, 5.41) is 1.67. The van der Waals surface area contributed by atoms with Gasteiger partial charge in [0.1, 0.15) is 5.03 Å². The van der Waals surface area contributed by atoms with Gasteiger partial charge in [0.25, 0.3) is 0 Å². The van der Waals surface area contributed by atoms with Gasteiger partial charge in [0.15, 0.2) is 0 Å². The normalized spacial score (nSPS) is 10.6. The van der Waals surface area contributed by atoms with Crippen LogP contribution in [0.3, 0.4) is 0 Å². The van der Waals surface area contributed by atoms with Gasteiger partial charge in [-0.05, 0) is 58.7 Å². The zero-order valence-electron chi connectivity index (χ0n) is 9.57. The Morgan fingerprint density at radius 1 is 1.28 bits per heavy atom. The van der Waals surface area contributed by atoms with Crippen LogP contribution in [0.4, 0.5) is 0 Å². The Labute approximate surface area is 124 Å². The van der Waals surface area contributed by atoms with Crippen LogP contribution in [-0.2, 0) is 6.42 Å². The molecule has 2 rings (SSSR count). The van der Waals surface area contributed by atoms with Gasteiger partial charge in [-0.15, -0.1) is 0 Å². The number of hydrogen-bond acceptors (Lipinski definition) is 3. The van der Waals surface area contributed by atoms with E-state index in [0.29, 0.717) is 6.54 Å². The molecule has 0 saturated carbocycles. The lowest BCUT2D eigenvalue weighted by Gasteiger charge is -2.06. The fourth-order valence-electron chi connectivity index (χ4n) is 1.48. The highest BCUT2D eigenvalue weighted by Crippen LogP contribution is 2.33. The maximum atomic E-state index is 6.25. The third-order valence-electron chi connectivity index (χ3n) is 2.34. The highest BCUT2D eigenvalue weighted by atomic mass is 79.9. The SMILES string of the molecule is NCCc1ccc(Sc2ccc(Br)cn2)c(Cl)c1. The maximum Gasteiger partial charge on any atom is 0.101 e. The van der Waals surface area contributed by atoms with Crippen LogP contribution in [0.5, 0.6) is 0 Å². The van der Waals surface area contributed by atoms with Crippen molar-refractivity contribution in [3.05, 3.63) is 51.6 Å². The molecule has 1 aromatic carbocycles. The van der Waals surface area contributed by atoms with E-state index < -0.39 is 0 Å². The summed E-state index contributed by atoms with van der Waals surface area (Å²) in [6.07, 6.45) is 2.63. The lowest BCUT2D eigenvalue weighted by Crippen LogP contribution is -2.02. The highest BCUT2D eigenvalue weighted by Gasteiger charge is 2.05. The fraction of sp³-hybridized carbons (Fsp3) is 0.154. The molecule has 0 aliphatic heterocycles. The summed E-state index contributed by atoms with van der Waals surface area (Å²) in [5.41, 5.74) is 6.69. The van der Waals surface area contributed by atoms with Crippen LogP contribution in [0.25, 0.3) is 0 Å². The van der Waals surface area contributed by atoms with E-state index >= 15 is 0 Å². The molecule has 0 amide bonds. The second kappa shape index (κ2) is 6.57. The monoisotopic (exact) mass is 342 g/mol. The topological polar surface area (TPSA) is 38.9 Å². The second-order valence-electron chi connectivity index (χ2n) is 3.72. The minimum absolute atomic E-state index is 0.636. The smallest absolute Gasteiger partial charge is 0.101 e. The minimum Gasteiger partial charge on any atom is -0.330 e. The van der Waals surface area contributed by atoms with E-state index in [1.54, 1.807) is 18.0 Å². The Kier molecular flexibility index (Phi) is 5.06. The van der Waals surface area contributed by atoms with E-state index in [0.717, 1.165) is 31.4 Å². The van der Waals surface area contributed by atoms with Crippen molar-refractivity contribution < 1.29 is 0 Å². The molecule has 0 atom stereocenters. The van der Waals surface area contributed by atoms with Crippen LogP contribution < -0.4 is 5.73 Å². The molecule has 5 heteroatoms. The lowest BCUT2D eigenvalue weighted by molar-refractivity contribution is 0.966. The summed E-state index contributed by atoms with van der Waals surface area (Å²) in [5.74, 6) is 0. The van der Waals surface area contributed by atoms with Gasteiger partial charge in [0.2, 0.25) is 0 Å². The molecule has 0 spiro atoms. The number of nitrogens with two attached hydrogens (primary N) is 1. The third-order valence-corrected chi connectivity index (χ3v) is 4.26. The average Bonchev–Trinajstić information content (AvgIpc) is 2.36. The highest BCUT2D eigenvalue weighted by molar-refractivity contribution is 9.10. The van der Waals surface area contributed by atoms with Crippen LogP contribution in [-0.4, -0.2) is 11.5 Å². The molecule has 0 aliphatic rings. The predicted molar refractivity (Wildman–Crippen MR) is 80.3 cm³/mol. The molecule has 1 aromatic heterocycles. The van der Waals surface area contributed by atoms with Gasteiger partial charge in [-0.3, -0.25) is 0 Å². The third kappa shape index (κ3) is 3.72. The van der Waals surface area contributed by atoms with Gasteiger partial charge in [-0.1, -0.05) is 29.4 Å². The Morgan fingerprint density at radius 2 is 2.11 bits per heavy atom. The van der Waals surface area contributed by atoms with Crippen LogP contribution in [0, 0.1) is 0 Å². The number of aromatic nitrogens is 1. The number of pyridine rings is 1. The molecule has 18 heavy (non-hydrogen) atoms. The number of halogens is 2. The minimum atomic E-state index is 0.636. The lowest BCUT2D eigenvalue weighted by atomic mass is 10.1. The molecule has 0 fully saturated rings. The van der Waals surface area contributed by atoms with Crippen molar-refractivity contribution in [2.45, 2.75) is 16.3 Å². The van der Waals surface area contributed by atoms with Gasteiger partial charge in [0, 0.05) is 15.6 Å². The molecule has 2 nitrogen and oxygen atoms in total. The van der Waals surface area contributed by atoms with Crippen molar-refractivity contribution in [2.24, 2.45) is 5.73 Å². The van der Waals surface area contributed by atoms with Crippen molar-refractivity contribution in [1.82, 2.24) is 4.98 Å². The van der Waals surface area contributed by atoms with E-state index in [1.807, 2.05) is 24.3 Å². The fourth-order valence-corrected chi connectivity index (χ4v) is 2.80. The summed E-state index contributed by atoms with van der Waals surface area (Å²) in [6.45, 7) is 0.636. The van der Waals surface area contributed by atoms with Gasteiger partial charge in [-0.2, -0.15) is 0 Å². The largest absolute Gasteiger partial charge is 0.330 e. The summed E-state index contributed by atoms with van der Waals surface area (Å²) >= 11 is 11.2. The van der Waals surface area contributed by atoms with Crippen molar-refractivity contribution in [1.29, 1.82) is 0 Å². The van der Waals surface area contributed by atoms with E-state index in [1.165, 1.54) is 0 Å². The van der Waals surface area contributed by atoms with Crippen LogP contribution >= 0.6 is 39.3 Å². The number of rotatable bonds is 4. The first kappa shape index (κ1) is 13.9. The molecular formula is C13H12BrClN2S. The van der Waals surface area contributed by atoms with Crippen molar-refractivity contribution >= 4 is 39.3 Å². The second-order valence-corrected chi connectivity index (χ2v) is 6.11. The number of benzene rings is 1. The van der Waals surface area contributed by atoms with Crippen molar-refractivity contribution in [3.63, 3.8) is 0 Å². The zero-order valence-corrected chi connectivity index (χ0v) is 12.7. The van der Waals surface area contributed by atoms with Crippen LogP contribution in [0.15, 0.2) is 50.9 Å². The molecule has 0 unspecified atom stereocenters. The molecule has 94 valence electrons. The Balaban J connectivity index is 2.16. The summed E-state index contributed by atoms with van der Waals surface area (Å²) in [6, 6.07) is 9.96. The Hall–Kier alpha value is -0.550. The summed E-state index contributed by atoms with van der Waals surface area (Å²) in [4.78, 5) is 5.32. The molecular weight excluding hydrogens is 332 g/mol. The van der Waals surface area contributed by atoms with E-state index in [-0.39, 0.29) is 0 Å². The van der Waals surface area contributed by atoms with Gasteiger partial charge < -0.3 is 5.73 Å². The van der Waals surface area contributed by atoms with E-state index in [4.69, 9.17) is 17.3 Å². The zero-order chi connectivity index (χ0) is 13.0. The number of hydrogen-bond donors (Lipinski definition) is 1. The quantitative estimate of drug-likeness (QED) is 0.906. The van der Waals surface area contributed by atoms with Gasteiger partial charge in [-0.25, -0.2) is 4.98 Å². The van der Waals surface area contributed by atoms with Crippen LogP contribution in [0.2, 0.25) is 5.02 Å². The first-order valence-electron chi connectivity index (χ1n) is 5.47. The first-order chi connectivity index (χ1) is 8.69. The van der Waals surface area contributed by atoms with Crippen molar-refractivity contribution in [2.75, 3.05) is 6.54 Å². The standard InChI is InChI=1S/C13H12BrClN2S/c14-10-2-4-13(17-8-10)18-12-3-1-9(5-6-16)7-11(12)15/h1-4,7-8H,5-6,16H2.